The van der Waals surface area contributed by atoms with E-state index in [1.807, 2.05) is 24.3 Å². The largest absolute Gasteiger partial charge is 0.323 e. The Kier molecular flexibility index (Phi) is 2.18. The Morgan fingerprint density at radius 1 is 1.07 bits per heavy atom. The highest BCUT2D eigenvalue weighted by atomic mass is 15.3. The summed E-state index contributed by atoms with van der Waals surface area (Å²) >= 11 is 0. The van der Waals surface area contributed by atoms with Crippen LogP contribution in [0.25, 0.3) is 10.9 Å². The van der Waals surface area contributed by atoms with Crippen molar-refractivity contribution in [3.8, 4) is 0 Å². The van der Waals surface area contributed by atoms with Crippen molar-refractivity contribution in [2.24, 2.45) is 11.7 Å². The minimum absolute atomic E-state index is 0.580. The molecule has 5 heteroatoms. The summed E-state index contributed by atoms with van der Waals surface area (Å²) in [7, 11) is 0. The van der Waals surface area contributed by atoms with E-state index in [-0.39, 0.29) is 0 Å². The summed E-state index contributed by atoms with van der Waals surface area (Å²) in [5, 5.41) is 0.967. The third-order valence-electron chi connectivity index (χ3n) is 2.02. The molecule has 0 amide bonds. The molecule has 0 saturated carbocycles. The molecule has 0 atom stereocenters. The van der Waals surface area contributed by atoms with Crippen molar-refractivity contribution in [2.75, 3.05) is 10.9 Å². The minimum atomic E-state index is 0.580. The topological polar surface area (TPSA) is 89.0 Å². The molecule has 0 aliphatic rings. The van der Waals surface area contributed by atoms with Crippen LogP contribution in [0.15, 0.2) is 30.3 Å². The quantitative estimate of drug-likeness (QED) is 0.414. The smallest absolute Gasteiger partial charge is 0.142 e. The van der Waals surface area contributed by atoms with Gasteiger partial charge in [-0.3, -0.25) is 5.84 Å². The highest BCUT2D eigenvalue weighted by molar-refractivity contribution is 5.92. The molecule has 5 nitrogen and oxygen atoms in total. The molecule has 6 N–H and O–H groups in total. The van der Waals surface area contributed by atoms with Gasteiger partial charge < -0.3 is 10.9 Å². The van der Waals surface area contributed by atoms with Gasteiger partial charge in [-0.25, -0.2) is 10.8 Å². The highest BCUT2D eigenvalue weighted by Gasteiger charge is 2.02. The lowest BCUT2D eigenvalue weighted by Gasteiger charge is -2.07. The number of para-hydroxylation sites is 1. The van der Waals surface area contributed by atoms with Crippen LogP contribution in [0.3, 0.4) is 0 Å². The van der Waals surface area contributed by atoms with Gasteiger partial charge in [0.05, 0.1) is 11.2 Å². The number of hydrazine groups is 2. The van der Waals surface area contributed by atoms with E-state index < -0.39 is 0 Å². The van der Waals surface area contributed by atoms with E-state index >= 15 is 0 Å². The number of anilines is 2. The van der Waals surface area contributed by atoms with Gasteiger partial charge in [0, 0.05) is 11.5 Å². The van der Waals surface area contributed by atoms with Crippen molar-refractivity contribution in [1.82, 2.24) is 4.98 Å². The van der Waals surface area contributed by atoms with E-state index in [0.717, 1.165) is 16.6 Å². The number of rotatable bonds is 2. The molecular formula is C9H11N5. The third-order valence-corrected chi connectivity index (χ3v) is 2.02. The molecule has 14 heavy (non-hydrogen) atoms. The van der Waals surface area contributed by atoms with Crippen LogP contribution in [0.2, 0.25) is 0 Å². The summed E-state index contributed by atoms with van der Waals surface area (Å²) < 4.78 is 0. The maximum absolute atomic E-state index is 5.39. The van der Waals surface area contributed by atoms with Crippen molar-refractivity contribution in [1.29, 1.82) is 0 Å². The number of hydrogen-bond acceptors (Lipinski definition) is 5. The lowest BCUT2D eigenvalue weighted by atomic mass is 10.2. The van der Waals surface area contributed by atoms with Crippen LogP contribution in [-0.2, 0) is 0 Å². The zero-order valence-corrected chi connectivity index (χ0v) is 7.49. The first kappa shape index (κ1) is 8.74. The van der Waals surface area contributed by atoms with E-state index in [9.17, 15) is 0 Å². The SMILES string of the molecule is NNc1cc(NN)c2ccccc2n1. The molecule has 1 heterocycles. The molecule has 2 aromatic rings. The Bertz CT molecular complexity index is 454. The molecule has 0 bridgehead atoms. The molecular weight excluding hydrogens is 178 g/mol. The Labute approximate surface area is 81.1 Å². The Morgan fingerprint density at radius 3 is 2.57 bits per heavy atom. The first-order valence-corrected chi connectivity index (χ1v) is 4.18. The fourth-order valence-electron chi connectivity index (χ4n) is 1.37. The van der Waals surface area contributed by atoms with Gasteiger partial charge >= 0.3 is 0 Å². The van der Waals surface area contributed by atoms with Gasteiger partial charge in [0.2, 0.25) is 0 Å². The average molecular weight is 189 g/mol. The molecule has 72 valence electrons. The summed E-state index contributed by atoms with van der Waals surface area (Å²) in [6, 6.07) is 9.44. The summed E-state index contributed by atoms with van der Waals surface area (Å²) in [4.78, 5) is 4.27. The van der Waals surface area contributed by atoms with E-state index in [1.54, 1.807) is 6.07 Å². The summed E-state index contributed by atoms with van der Waals surface area (Å²) in [6.07, 6.45) is 0. The second-order valence-corrected chi connectivity index (χ2v) is 2.86. The zero-order chi connectivity index (χ0) is 9.97. The lowest BCUT2D eigenvalue weighted by molar-refractivity contribution is 1.25. The molecule has 0 fully saturated rings. The number of benzene rings is 1. The van der Waals surface area contributed by atoms with Crippen molar-refractivity contribution in [3.63, 3.8) is 0 Å². The first-order chi connectivity index (χ1) is 6.85. The van der Waals surface area contributed by atoms with Gasteiger partial charge in [-0.1, -0.05) is 18.2 Å². The summed E-state index contributed by atoms with van der Waals surface area (Å²) in [5.74, 6) is 11.3. The summed E-state index contributed by atoms with van der Waals surface area (Å²) in [6.45, 7) is 0. The molecule has 0 spiro atoms. The van der Waals surface area contributed by atoms with Crippen LogP contribution in [0, 0.1) is 0 Å². The molecule has 0 aliphatic carbocycles. The number of nitrogens with zero attached hydrogens (tertiary/aromatic N) is 1. The third kappa shape index (κ3) is 1.34. The molecule has 1 aromatic heterocycles. The minimum Gasteiger partial charge on any atom is -0.323 e. The van der Waals surface area contributed by atoms with Crippen LogP contribution >= 0.6 is 0 Å². The van der Waals surface area contributed by atoms with E-state index in [4.69, 9.17) is 11.7 Å². The van der Waals surface area contributed by atoms with E-state index in [0.29, 0.717) is 5.82 Å². The van der Waals surface area contributed by atoms with Crippen molar-refractivity contribution in [2.45, 2.75) is 0 Å². The molecule has 0 aliphatic heterocycles. The highest BCUT2D eigenvalue weighted by Crippen LogP contribution is 2.23. The summed E-state index contributed by atoms with van der Waals surface area (Å²) in [5.41, 5.74) is 6.73. The van der Waals surface area contributed by atoms with Crippen LogP contribution in [0.4, 0.5) is 11.5 Å². The van der Waals surface area contributed by atoms with Gasteiger partial charge in [-0.15, -0.1) is 0 Å². The Hall–Kier alpha value is -1.85. The maximum atomic E-state index is 5.39. The second kappa shape index (κ2) is 3.49. The Morgan fingerprint density at radius 2 is 1.86 bits per heavy atom. The molecule has 0 unspecified atom stereocenters. The number of nitrogens with two attached hydrogens (primary N) is 2. The fraction of sp³-hybridized carbons (Fsp3) is 0. The number of pyridine rings is 1. The lowest BCUT2D eigenvalue weighted by Crippen LogP contribution is -2.11. The van der Waals surface area contributed by atoms with Gasteiger partial charge in [-0.2, -0.15) is 0 Å². The number of nitrogens with one attached hydrogen (secondary N) is 2. The van der Waals surface area contributed by atoms with Crippen molar-refractivity contribution in [3.05, 3.63) is 30.3 Å². The fourth-order valence-corrected chi connectivity index (χ4v) is 1.37. The van der Waals surface area contributed by atoms with Gasteiger partial charge in [0.15, 0.2) is 0 Å². The van der Waals surface area contributed by atoms with Gasteiger partial charge in [-0.05, 0) is 6.07 Å². The van der Waals surface area contributed by atoms with Crippen LogP contribution in [0.5, 0.6) is 0 Å². The van der Waals surface area contributed by atoms with Gasteiger partial charge in [0.1, 0.15) is 5.82 Å². The maximum Gasteiger partial charge on any atom is 0.142 e. The Balaban J connectivity index is 2.73. The number of nitrogen functional groups attached to an aromatic ring is 2. The standard InChI is InChI=1S/C9H11N5/c10-13-8-5-9(14-11)12-7-4-2-1-3-6(7)8/h1-5H,10-11H2,(H2,12,13,14). The van der Waals surface area contributed by atoms with Crippen LogP contribution in [-0.4, -0.2) is 4.98 Å². The average Bonchev–Trinajstić information content (AvgIpc) is 2.27. The first-order valence-electron chi connectivity index (χ1n) is 4.18. The van der Waals surface area contributed by atoms with Crippen molar-refractivity contribution < 1.29 is 0 Å². The zero-order valence-electron chi connectivity index (χ0n) is 7.49. The predicted molar refractivity (Wildman–Crippen MR) is 57.4 cm³/mol. The molecule has 0 saturated heterocycles. The normalized spacial score (nSPS) is 10.1. The number of hydrogen-bond donors (Lipinski definition) is 4. The van der Waals surface area contributed by atoms with E-state index in [1.165, 1.54) is 0 Å². The van der Waals surface area contributed by atoms with Crippen LogP contribution < -0.4 is 22.5 Å². The number of aromatic nitrogens is 1. The second-order valence-electron chi connectivity index (χ2n) is 2.86. The van der Waals surface area contributed by atoms with Gasteiger partial charge in [0.25, 0.3) is 0 Å². The predicted octanol–water partition coefficient (Wildman–Crippen LogP) is 0.806. The van der Waals surface area contributed by atoms with Crippen molar-refractivity contribution >= 4 is 22.4 Å². The molecule has 1 aromatic carbocycles. The molecule has 0 radical (unpaired) electrons. The monoisotopic (exact) mass is 189 g/mol. The molecule has 2 rings (SSSR count). The van der Waals surface area contributed by atoms with E-state index in [2.05, 4.69) is 15.8 Å². The van der Waals surface area contributed by atoms with Crippen LogP contribution in [0.1, 0.15) is 0 Å². The number of fused-ring (bicyclic) bond motifs is 1.